The van der Waals surface area contributed by atoms with Gasteiger partial charge in [0.1, 0.15) is 24.7 Å². The van der Waals surface area contributed by atoms with Crippen LogP contribution in [0.2, 0.25) is 0 Å². The average Bonchev–Trinajstić information content (AvgIpc) is 2.43. The van der Waals surface area contributed by atoms with Crippen LogP contribution in [0.1, 0.15) is 16.7 Å². The normalized spacial score (nSPS) is 10.3. The molecular formula is C17H21NO2. The Hall–Kier alpha value is -2.16. The van der Waals surface area contributed by atoms with Crippen molar-refractivity contribution in [2.45, 2.75) is 20.8 Å². The van der Waals surface area contributed by atoms with Crippen molar-refractivity contribution in [1.29, 1.82) is 0 Å². The quantitative estimate of drug-likeness (QED) is 0.667. The molecule has 0 aliphatic rings. The molecule has 2 rings (SSSR count). The molecular weight excluding hydrogens is 250 g/mol. The first-order valence-corrected chi connectivity index (χ1v) is 6.76. The molecule has 0 saturated heterocycles. The summed E-state index contributed by atoms with van der Waals surface area (Å²) in [4.78, 5) is 0. The highest BCUT2D eigenvalue weighted by atomic mass is 16.5. The summed E-state index contributed by atoms with van der Waals surface area (Å²) in [5.41, 5.74) is 10.1. The Morgan fingerprint density at radius 1 is 0.900 bits per heavy atom. The van der Waals surface area contributed by atoms with E-state index in [-0.39, 0.29) is 0 Å². The topological polar surface area (TPSA) is 44.5 Å². The molecule has 3 nitrogen and oxygen atoms in total. The van der Waals surface area contributed by atoms with Gasteiger partial charge < -0.3 is 15.2 Å². The van der Waals surface area contributed by atoms with Crippen molar-refractivity contribution in [3.63, 3.8) is 0 Å². The van der Waals surface area contributed by atoms with Crippen molar-refractivity contribution in [2.75, 3.05) is 18.9 Å². The van der Waals surface area contributed by atoms with Crippen LogP contribution in [-0.2, 0) is 0 Å². The number of rotatable bonds is 5. The number of nitrogen functional groups attached to an aromatic ring is 1. The lowest BCUT2D eigenvalue weighted by Crippen LogP contribution is -2.10. The summed E-state index contributed by atoms with van der Waals surface area (Å²) >= 11 is 0. The van der Waals surface area contributed by atoms with Gasteiger partial charge in [-0.05, 0) is 49.6 Å². The van der Waals surface area contributed by atoms with E-state index < -0.39 is 0 Å². The minimum absolute atomic E-state index is 0.496. The third kappa shape index (κ3) is 3.44. The highest BCUT2D eigenvalue weighted by molar-refractivity contribution is 5.50. The van der Waals surface area contributed by atoms with E-state index in [9.17, 15) is 0 Å². The Kier molecular flexibility index (Phi) is 4.51. The van der Waals surface area contributed by atoms with Crippen molar-refractivity contribution < 1.29 is 9.47 Å². The molecule has 0 saturated carbocycles. The monoisotopic (exact) mass is 271 g/mol. The second-order valence-corrected chi connectivity index (χ2v) is 4.91. The summed E-state index contributed by atoms with van der Waals surface area (Å²) in [7, 11) is 0. The Labute approximate surface area is 120 Å². The summed E-state index contributed by atoms with van der Waals surface area (Å²) < 4.78 is 11.4. The Morgan fingerprint density at radius 3 is 2.40 bits per heavy atom. The molecule has 0 aromatic heterocycles. The Morgan fingerprint density at radius 2 is 1.65 bits per heavy atom. The first-order valence-electron chi connectivity index (χ1n) is 6.76. The molecule has 0 spiro atoms. The van der Waals surface area contributed by atoms with E-state index in [0.29, 0.717) is 13.2 Å². The number of hydrogen-bond donors (Lipinski definition) is 1. The van der Waals surface area contributed by atoms with Crippen LogP contribution >= 0.6 is 0 Å². The van der Waals surface area contributed by atoms with E-state index in [1.165, 1.54) is 11.1 Å². The summed E-state index contributed by atoms with van der Waals surface area (Å²) in [6, 6.07) is 11.8. The Balaban J connectivity index is 1.84. The number of benzene rings is 2. The third-order valence-electron chi connectivity index (χ3n) is 3.42. The van der Waals surface area contributed by atoms with Gasteiger partial charge in [0.05, 0.1) is 0 Å². The van der Waals surface area contributed by atoms with Crippen molar-refractivity contribution in [3.05, 3.63) is 53.1 Å². The van der Waals surface area contributed by atoms with Crippen LogP contribution in [0.5, 0.6) is 11.5 Å². The standard InChI is InChI=1S/C17H21NO2/c1-12-5-4-6-17(14(12)3)20-10-9-19-15-8-7-13(2)16(18)11-15/h4-8,11H,9-10,18H2,1-3H3. The zero-order chi connectivity index (χ0) is 14.5. The van der Waals surface area contributed by atoms with E-state index in [2.05, 4.69) is 19.9 Å². The molecule has 0 atom stereocenters. The van der Waals surface area contributed by atoms with Crippen LogP contribution in [-0.4, -0.2) is 13.2 Å². The second kappa shape index (κ2) is 6.33. The molecule has 0 heterocycles. The molecule has 2 N–H and O–H groups in total. The highest BCUT2D eigenvalue weighted by Crippen LogP contribution is 2.21. The van der Waals surface area contributed by atoms with Crippen LogP contribution < -0.4 is 15.2 Å². The average molecular weight is 271 g/mol. The summed E-state index contributed by atoms with van der Waals surface area (Å²) in [5.74, 6) is 1.69. The molecule has 0 amide bonds. The maximum Gasteiger partial charge on any atom is 0.122 e. The zero-order valence-corrected chi connectivity index (χ0v) is 12.3. The van der Waals surface area contributed by atoms with Gasteiger partial charge in [0.15, 0.2) is 0 Å². The maximum atomic E-state index is 5.84. The summed E-state index contributed by atoms with van der Waals surface area (Å²) in [5, 5.41) is 0. The first kappa shape index (κ1) is 14.3. The smallest absolute Gasteiger partial charge is 0.122 e. The molecule has 2 aromatic carbocycles. The maximum absolute atomic E-state index is 5.84. The van der Waals surface area contributed by atoms with Crippen LogP contribution in [0, 0.1) is 20.8 Å². The highest BCUT2D eigenvalue weighted by Gasteiger charge is 2.02. The predicted octanol–water partition coefficient (Wildman–Crippen LogP) is 3.65. The van der Waals surface area contributed by atoms with Crippen molar-refractivity contribution >= 4 is 5.69 Å². The van der Waals surface area contributed by atoms with E-state index >= 15 is 0 Å². The number of hydrogen-bond acceptors (Lipinski definition) is 3. The first-order chi connectivity index (χ1) is 9.58. The number of anilines is 1. The van der Waals surface area contributed by atoms with Crippen molar-refractivity contribution in [3.8, 4) is 11.5 Å². The van der Waals surface area contributed by atoms with E-state index in [1.54, 1.807) is 0 Å². The van der Waals surface area contributed by atoms with Gasteiger partial charge in [-0.3, -0.25) is 0 Å². The van der Waals surface area contributed by atoms with Gasteiger partial charge >= 0.3 is 0 Å². The molecule has 0 aliphatic heterocycles. The molecule has 0 aliphatic carbocycles. The van der Waals surface area contributed by atoms with Gasteiger partial charge in [-0.25, -0.2) is 0 Å². The second-order valence-electron chi connectivity index (χ2n) is 4.91. The number of nitrogens with two attached hydrogens (primary N) is 1. The fraction of sp³-hybridized carbons (Fsp3) is 0.294. The fourth-order valence-electron chi connectivity index (χ4n) is 1.90. The van der Waals surface area contributed by atoms with Gasteiger partial charge in [0, 0.05) is 11.8 Å². The van der Waals surface area contributed by atoms with Crippen LogP contribution in [0.3, 0.4) is 0 Å². The molecule has 20 heavy (non-hydrogen) atoms. The molecule has 0 bridgehead atoms. The van der Waals surface area contributed by atoms with E-state index in [1.807, 2.05) is 37.3 Å². The van der Waals surface area contributed by atoms with Gasteiger partial charge in [-0.2, -0.15) is 0 Å². The lowest BCUT2D eigenvalue weighted by Gasteiger charge is -2.12. The molecule has 3 heteroatoms. The fourth-order valence-corrected chi connectivity index (χ4v) is 1.90. The van der Waals surface area contributed by atoms with Gasteiger partial charge in [-0.1, -0.05) is 18.2 Å². The molecule has 0 radical (unpaired) electrons. The van der Waals surface area contributed by atoms with Crippen LogP contribution in [0.4, 0.5) is 5.69 Å². The predicted molar refractivity (Wildman–Crippen MR) is 82.5 cm³/mol. The molecule has 0 unspecified atom stereocenters. The van der Waals surface area contributed by atoms with Crippen LogP contribution in [0.15, 0.2) is 36.4 Å². The minimum atomic E-state index is 0.496. The zero-order valence-electron chi connectivity index (χ0n) is 12.3. The van der Waals surface area contributed by atoms with Crippen molar-refractivity contribution in [1.82, 2.24) is 0 Å². The van der Waals surface area contributed by atoms with Crippen molar-refractivity contribution in [2.24, 2.45) is 0 Å². The minimum Gasteiger partial charge on any atom is -0.490 e. The van der Waals surface area contributed by atoms with Gasteiger partial charge in [-0.15, -0.1) is 0 Å². The molecule has 106 valence electrons. The number of aryl methyl sites for hydroxylation is 2. The van der Waals surface area contributed by atoms with E-state index in [4.69, 9.17) is 15.2 Å². The molecule has 0 fully saturated rings. The number of ether oxygens (including phenoxy) is 2. The summed E-state index contributed by atoms with van der Waals surface area (Å²) in [6.07, 6.45) is 0. The van der Waals surface area contributed by atoms with E-state index in [0.717, 1.165) is 22.7 Å². The SMILES string of the molecule is Cc1ccc(OCCOc2cccc(C)c2C)cc1N. The lowest BCUT2D eigenvalue weighted by atomic mass is 10.1. The van der Waals surface area contributed by atoms with Gasteiger partial charge in [0.2, 0.25) is 0 Å². The largest absolute Gasteiger partial charge is 0.490 e. The summed E-state index contributed by atoms with van der Waals surface area (Å²) in [6.45, 7) is 7.12. The van der Waals surface area contributed by atoms with Crippen LogP contribution in [0.25, 0.3) is 0 Å². The Bertz CT molecular complexity index is 594. The third-order valence-corrected chi connectivity index (χ3v) is 3.42. The lowest BCUT2D eigenvalue weighted by molar-refractivity contribution is 0.216. The van der Waals surface area contributed by atoms with Gasteiger partial charge in [0.25, 0.3) is 0 Å². The molecule has 2 aromatic rings.